The first-order valence-electron chi connectivity index (χ1n) is 7.85. The Hall–Kier alpha value is -1.65. The highest BCUT2D eigenvalue weighted by Crippen LogP contribution is 2.28. The molecule has 21 heavy (non-hydrogen) atoms. The molecule has 0 saturated carbocycles. The third-order valence-electron chi connectivity index (χ3n) is 4.74. The van der Waals surface area contributed by atoms with E-state index in [4.69, 9.17) is 4.42 Å². The summed E-state index contributed by atoms with van der Waals surface area (Å²) in [5.74, 6) is 2.51. The zero-order chi connectivity index (χ0) is 14.1. The van der Waals surface area contributed by atoms with Crippen molar-refractivity contribution in [2.45, 2.75) is 25.4 Å². The molecule has 2 aliphatic heterocycles. The fraction of sp³-hybridized carbons (Fsp3) is 0.471. The van der Waals surface area contributed by atoms with Crippen molar-refractivity contribution in [2.75, 3.05) is 19.6 Å². The molecule has 110 valence electrons. The fourth-order valence-corrected chi connectivity index (χ4v) is 3.65. The van der Waals surface area contributed by atoms with E-state index >= 15 is 0 Å². The largest absolute Gasteiger partial charge is 0.439 e. The van der Waals surface area contributed by atoms with Crippen LogP contribution >= 0.6 is 0 Å². The lowest BCUT2D eigenvalue weighted by Crippen LogP contribution is -2.44. The summed E-state index contributed by atoms with van der Waals surface area (Å²) in [7, 11) is 0. The summed E-state index contributed by atoms with van der Waals surface area (Å²) in [6, 6.07) is 10.8. The van der Waals surface area contributed by atoms with E-state index in [1.807, 2.05) is 24.4 Å². The van der Waals surface area contributed by atoms with E-state index in [1.54, 1.807) is 0 Å². The molecule has 1 aromatic carbocycles. The number of aromatic nitrogens is 1. The Morgan fingerprint density at radius 1 is 1.24 bits per heavy atom. The van der Waals surface area contributed by atoms with Gasteiger partial charge in [-0.05, 0) is 31.8 Å². The molecule has 1 aromatic heterocycles. The minimum Gasteiger partial charge on any atom is -0.439 e. The van der Waals surface area contributed by atoms with E-state index in [-0.39, 0.29) is 0 Å². The molecule has 1 N–H and O–H groups in total. The van der Waals surface area contributed by atoms with Gasteiger partial charge in [0.25, 0.3) is 0 Å². The second-order valence-electron chi connectivity index (χ2n) is 6.08. The summed E-state index contributed by atoms with van der Waals surface area (Å²) in [6.45, 7) is 4.26. The zero-order valence-electron chi connectivity index (χ0n) is 12.2. The van der Waals surface area contributed by atoms with Crippen molar-refractivity contribution in [3.05, 3.63) is 42.4 Å². The van der Waals surface area contributed by atoms with Gasteiger partial charge in [0.2, 0.25) is 5.89 Å². The van der Waals surface area contributed by atoms with Gasteiger partial charge in [-0.2, -0.15) is 0 Å². The van der Waals surface area contributed by atoms with E-state index in [1.165, 1.54) is 19.4 Å². The van der Waals surface area contributed by atoms with Crippen LogP contribution in [0.1, 0.15) is 18.7 Å². The summed E-state index contributed by atoms with van der Waals surface area (Å²) in [6.07, 6.45) is 4.49. The minimum absolute atomic E-state index is 0.658. The molecule has 2 unspecified atom stereocenters. The van der Waals surface area contributed by atoms with Gasteiger partial charge in [0.1, 0.15) is 0 Å². The molecular weight excluding hydrogens is 262 g/mol. The van der Waals surface area contributed by atoms with Gasteiger partial charge in [-0.3, -0.25) is 4.90 Å². The molecule has 2 aliphatic rings. The van der Waals surface area contributed by atoms with Crippen LogP contribution in [0.2, 0.25) is 0 Å². The van der Waals surface area contributed by atoms with Gasteiger partial charge in [-0.15, -0.1) is 0 Å². The Balaban J connectivity index is 1.49. The number of nitrogens with one attached hydrogen (secondary N) is 1. The van der Waals surface area contributed by atoms with Gasteiger partial charge in [0, 0.05) is 18.2 Å². The maximum atomic E-state index is 5.95. The molecule has 0 aliphatic carbocycles. The average molecular weight is 283 g/mol. The van der Waals surface area contributed by atoms with Crippen molar-refractivity contribution in [1.82, 2.24) is 15.2 Å². The fourth-order valence-electron chi connectivity index (χ4n) is 3.65. The standard InChI is InChI=1S/C17H21N3O/c1-2-5-13(6-3-1)16-11-19-17(21-16)12-20-8-4-7-14-9-18-10-15(14)20/h1-3,5-6,11,14-15,18H,4,7-10,12H2. The molecular formula is C17H21N3O. The van der Waals surface area contributed by atoms with Crippen LogP contribution in [-0.4, -0.2) is 35.6 Å². The average Bonchev–Trinajstić information content (AvgIpc) is 3.17. The summed E-state index contributed by atoms with van der Waals surface area (Å²) in [5.41, 5.74) is 1.09. The third-order valence-corrected chi connectivity index (χ3v) is 4.74. The van der Waals surface area contributed by atoms with Crippen molar-refractivity contribution in [1.29, 1.82) is 0 Å². The second-order valence-corrected chi connectivity index (χ2v) is 6.08. The highest BCUT2D eigenvalue weighted by molar-refractivity contribution is 5.55. The topological polar surface area (TPSA) is 41.3 Å². The molecule has 3 heterocycles. The predicted octanol–water partition coefficient (Wildman–Crippen LogP) is 2.53. The Kier molecular flexibility index (Phi) is 3.49. The van der Waals surface area contributed by atoms with Crippen LogP contribution in [0.15, 0.2) is 40.9 Å². The number of piperidine rings is 1. The number of rotatable bonds is 3. The van der Waals surface area contributed by atoms with Crippen LogP contribution in [0.3, 0.4) is 0 Å². The van der Waals surface area contributed by atoms with Gasteiger partial charge >= 0.3 is 0 Å². The molecule has 4 heteroatoms. The first-order chi connectivity index (χ1) is 10.4. The Morgan fingerprint density at radius 2 is 2.14 bits per heavy atom. The monoisotopic (exact) mass is 283 g/mol. The molecule has 2 atom stereocenters. The maximum Gasteiger partial charge on any atom is 0.209 e. The second kappa shape index (κ2) is 5.62. The molecule has 4 rings (SSSR count). The predicted molar refractivity (Wildman–Crippen MR) is 81.7 cm³/mol. The van der Waals surface area contributed by atoms with Crippen molar-refractivity contribution in [3.63, 3.8) is 0 Å². The number of fused-ring (bicyclic) bond motifs is 1. The van der Waals surface area contributed by atoms with Crippen LogP contribution in [0.4, 0.5) is 0 Å². The number of hydrogen-bond acceptors (Lipinski definition) is 4. The van der Waals surface area contributed by atoms with E-state index in [0.29, 0.717) is 6.04 Å². The first-order valence-corrected chi connectivity index (χ1v) is 7.85. The van der Waals surface area contributed by atoms with Gasteiger partial charge < -0.3 is 9.73 Å². The van der Waals surface area contributed by atoms with E-state index in [9.17, 15) is 0 Å². The Labute approximate surface area is 125 Å². The molecule has 0 radical (unpaired) electrons. The maximum absolute atomic E-state index is 5.95. The Morgan fingerprint density at radius 3 is 3.05 bits per heavy atom. The van der Waals surface area contributed by atoms with E-state index in [0.717, 1.165) is 42.8 Å². The van der Waals surface area contributed by atoms with Crippen molar-refractivity contribution >= 4 is 0 Å². The smallest absolute Gasteiger partial charge is 0.209 e. The molecule has 2 fully saturated rings. The molecule has 0 amide bonds. The highest BCUT2D eigenvalue weighted by Gasteiger charge is 2.35. The zero-order valence-corrected chi connectivity index (χ0v) is 12.2. The van der Waals surface area contributed by atoms with Crippen LogP contribution in [0.25, 0.3) is 11.3 Å². The van der Waals surface area contributed by atoms with Gasteiger partial charge in [-0.25, -0.2) is 4.98 Å². The summed E-state index contributed by atoms with van der Waals surface area (Å²) in [5, 5.41) is 3.52. The normalized spacial score (nSPS) is 25.9. The molecule has 0 bridgehead atoms. The minimum atomic E-state index is 0.658. The quantitative estimate of drug-likeness (QED) is 0.940. The Bertz CT molecular complexity index is 595. The van der Waals surface area contributed by atoms with Crippen LogP contribution in [-0.2, 0) is 6.54 Å². The number of benzene rings is 1. The molecule has 2 aromatic rings. The molecule has 2 saturated heterocycles. The first kappa shape index (κ1) is 13.0. The lowest BCUT2D eigenvalue weighted by molar-refractivity contribution is 0.107. The summed E-state index contributed by atoms with van der Waals surface area (Å²) >= 11 is 0. The third kappa shape index (κ3) is 2.61. The number of likely N-dealkylation sites (tertiary alicyclic amines) is 1. The SMILES string of the molecule is c1ccc(-c2cnc(CN3CCCC4CNCC43)o2)cc1. The van der Waals surface area contributed by atoms with Crippen molar-refractivity contribution in [3.8, 4) is 11.3 Å². The number of hydrogen-bond donors (Lipinski definition) is 1. The number of oxazole rings is 1. The van der Waals surface area contributed by atoms with Crippen molar-refractivity contribution < 1.29 is 4.42 Å². The van der Waals surface area contributed by atoms with Crippen LogP contribution in [0, 0.1) is 5.92 Å². The van der Waals surface area contributed by atoms with Gasteiger partial charge in [0.15, 0.2) is 5.76 Å². The molecule has 4 nitrogen and oxygen atoms in total. The van der Waals surface area contributed by atoms with Gasteiger partial charge in [0.05, 0.1) is 12.7 Å². The van der Waals surface area contributed by atoms with Gasteiger partial charge in [-0.1, -0.05) is 30.3 Å². The van der Waals surface area contributed by atoms with E-state index < -0.39 is 0 Å². The number of nitrogens with zero attached hydrogens (tertiary/aromatic N) is 2. The summed E-state index contributed by atoms with van der Waals surface area (Å²) < 4.78 is 5.95. The van der Waals surface area contributed by atoms with E-state index in [2.05, 4.69) is 27.3 Å². The lowest BCUT2D eigenvalue weighted by atomic mass is 9.92. The highest BCUT2D eigenvalue weighted by atomic mass is 16.4. The summed E-state index contributed by atoms with van der Waals surface area (Å²) in [4.78, 5) is 7.01. The molecule has 0 spiro atoms. The lowest BCUT2D eigenvalue weighted by Gasteiger charge is -2.36. The van der Waals surface area contributed by atoms with Crippen molar-refractivity contribution in [2.24, 2.45) is 5.92 Å². The van der Waals surface area contributed by atoms with Crippen LogP contribution in [0.5, 0.6) is 0 Å². The van der Waals surface area contributed by atoms with Crippen LogP contribution < -0.4 is 5.32 Å².